The van der Waals surface area contributed by atoms with Crippen LogP contribution < -0.4 is 15.8 Å². The molecule has 106 valence electrons. The van der Waals surface area contributed by atoms with Gasteiger partial charge in [0.25, 0.3) is 0 Å². The van der Waals surface area contributed by atoms with Crippen molar-refractivity contribution in [2.45, 2.75) is 19.8 Å². The van der Waals surface area contributed by atoms with Crippen molar-refractivity contribution in [1.29, 1.82) is 0 Å². The van der Waals surface area contributed by atoms with E-state index in [1.54, 1.807) is 25.1 Å². The van der Waals surface area contributed by atoms with Crippen molar-refractivity contribution >= 4 is 17.3 Å². The molecule has 0 spiro atoms. The number of hydrogen-bond donors (Lipinski definition) is 2. The molecule has 1 aromatic carbocycles. The Morgan fingerprint density at radius 2 is 2.16 bits per heavy atom. The van der Waals surface area contributed by atoms with E-state index in [0.29, 0.717) is 31.0 Å². The number of nitrogens with zero attached hydrogens (tertiary/aromatic N) is 1. The molecule has 1 rings (SSSR count). The van der Waals surface area contributed by atoms with Crippen LogP contribution in [0.25, 0.3) is 0 Å². The lowest BCUT2D eigenvalue weighted by Gasteiger charge is -2.13. The zero-order chi connectivity index (χ0) is 14.3. The monoisotopic (exact) mass is 265 g/mol. The van der Waals surface area contributed by atoms with Crippen LogP contribution in [0.2, 0.25) is 0 Å². The maximum Gasteiger partial charge on any atom is 0.223 e. The van der Waals surface area contributed by atoms with Gasteiger partial charge in [-0.05, 0) is 18.6 Å². The van der Waals surface area contributed by atoms with E-state index >= 15 is 0 Å². The van der Waals surface area contributed by atoms with Gasteiger partial charge in [-0.25, -0.2) is 0 Å². The number of benzene rings is 1. The van der Waals surface area contributed by atoms with Crippen LogP contribution in [0.5, 0.6) is 5.75 Å². The molecule has 5 heteroatoms. The normalized spacial score (nSPS) is 10.1. The van der Waals surface area contributed by atoms with E-state index in [4.69, 9.17) is 10.5 Å². The highest BCUT2D eigenvalue weighted by Crippen LogP contribution is 2.25. The summed E-state index contributed by atoms with van der Waals surface area (Å²) in [5.74, 6) is 0.788. The first kappa shape index (κ1) is 15.1. The number of amides is 1. The highest BCUT2D eigenvalue weighted by atomic mass is 16.5. The number of rotatable bonds is 7. The van der Waals surface area contributed by atoms with Crippen LogP contribution in [-0.4, -0.2) is 38.1 Å². The third-order valence-corrected chi connectivity index (χ3v) is 2.64. The van der Waals surface area contributed by atoms with Gasteiger partial charge in [0.05, 0.1) is 12.3 Å². The Hall–Kier alpha value is -1.91. The summed E-state index contributed by atoms with van der Waals surface area (Å²) in [5, 5.41) is 3.19. The zero-order valence-corrected chi connectivity index (χ0v) is 11.9. The van der Waals surface area contributed by atoms with Crippen LogP contribution in [0.1, 0.15) is 19.8 Å². The third-order valence-electron chi connectivity index (χ3n) is 2.64. The van der Waals surface area contributed by atoms with Crippen molar-refractivity contribution in [3.05, 3.63) is 18.2 Å². The number of carbonyl (C=O) groups excluding carboxylic acids is 1. The Morgan fingerprint density at radius 1 is 1.42 bits per heavy atom. The smallest absolute Gasteiger partial charge is 0.223 e. The molecule has 0 aliphatic rings. The fourth-order valence-corrected chi connectivity index (χ4v) is 1.52. The van der Waals surface area contributed by atoms with Gasteiger partial charge in [0.1, 0.15) is 5.75 Å². The van der Waals surface area contributed by atoms with Gasteiger partial charge in [-0.15, -0.1) is 0 Å². The van der Waals surface area contributed by atoms with E-state index in [2.05, 4.69) is 5.32 Å². The Bertz CT molecular complexity index is 419. The molecule has 0 saturated heterocycles. The molecular weight excluding hydrogens is 242 g/mol. The van der Waals surface area contributed by atoms with Crippen molar-refractivity contribution in [2.75, 3.05) is 38.3 Å². The maximum atomic E-state index is 11.4. The van der Waals surface area contributed by atoms with Crippen LogP contribution in [0, 0.1) is 0 Å². The van der Waals surface area contributed by atoms with E-state index in [0.717, 1.165) is 12.1 Å². The van der Waals surface area contributed by atoms with Gasteiger partial charge in [0.15, 0.2) is 0 Å². The number of nitrogens with one attached hydrogen (secondary N) is 1. The largest absolute Gasteiger partial charge is 0.491 e. The molecule has 0 aromatic heterocycles. The summed E-state index contributed by atoms with van der Waals surface area (Å²) in [5.41, 5.74) is 7.37. The van der Waals surface area contributed by atoms with Gasteiger partial charge in [-0.3, -0.25) is 4.79 Å². The quantitative estimate of drug-likeness (QED) is 0.739. The molecule has 19 heavy (non-hydrogen) atoms. The Balaban J connectivity index is 2.52. The van der Waals surface area contributed by atoms with E-state index < -0.39 is 0 Å². The van der Waals surface area contributed by atoms with Crippen molar-refractivity contribution in [3.8, 4) is 5.75 Å². The average Bonchev–Trinajstić information content (AvgIpc) is 2.38. The summed E-state index contributed by atoms with van der Waals surface area (Å²) in [6.07, 6.45) is 1.40. The summed E-state index contributed by atoms with van der Waals surface area (Å²) >= 11 is 0. The first-order valence-electron chi connectivity index (χ1n) is 6.51. The van der Waals surface area contributed by atoms with Gasteiger partial charge < -0.3 is 20.7 Å². The Labute approximate surface area is 114 Å². The first-order valence-corrected chi connectivity index (χ1v) is 6.51. The number of ether oxygens (including phenoxy) is 1. The van der Waals surface area contributed by atoms with Crippen molar-refractivity contribution in [3.63, 3.8) is 0 Å². The van der Waals surface area contributed by atoms with E-state index in [1.165, 1.54) is 0 Å². The van der Waals surface area contributed by atoms with E-state index in [-0.39, 0.29) is 5.91 Å². The highest BCUT2D eigenvalue weighted by molar-refractivity contribution is 5.76. The van der Waals surface area contributed by atoms with Crippen LogP contribution >= 0.6 is 0 Å². The van der Waals surface area contributed by atoms with Crippen molar-refractivity contribution in [1.82, 2.24) is 4.90 Å². The Kier molecular flexibility index (Phi) is 5.99. The van der Waals surface area contributed by atoms with Gasteiger partial charge >= 0.3 is 0 Å². The molecule has 0 aliphatic heterocycles. The predicted molar refractivity (Wildman–Crippen MR) is 78.4 cm³/mol. The van der Waals surface area contributed by atoms with E-state index in [9.17, 15) is 4.79 Å². The molecule has 1 amide bonds. The molecule has 0 aliphatic carbocycles. The third kappa shape index (κ3) is 5.07. The first-order chi connectivity index (χ1) is 9.04. The minimum Gasteiger partial charge on any atom is -0.491 e. The lowest BCUT2D eigenvalue weighted by Crippen LogP contribution is -2.23. The highest BCUT2D eigenvalue weighted by Gasteiger charge is 2.05. The second kappa shape index (κ2) is 7.51. The van der Waals surface area contributed by atoms with Gasteiger partial charge in [-0.1, -0.05) is 6.92 Å². The topological polar surface area (TPSA) is 67.6 Å². The van der Waals surface area contributed by atoms with Gasteiger partial charge in [-0.2, -0.15) is 0 Å². The summed E-state index contributed by atoms with van der Waals surface area (Å²) in [6.45, 7) is 3.28. The van der Waals surface area contributed by atoms with Crippen LogP contribution in [0.15, 0.2) is 18.2 Å². The lowest BCUT2D eigenvalue weighted by molar-refractivity contribution is -0.128. The molecule has 0 heterocycles. The average molecular weight is 265 g/mol. The molecule has 0 fully saturated rings. The second-order valence-corrected chi connectivity index (χ2v) is 4.57. The lowest BCUT2D eigenvalue weighted by atomic mass is 10.2. The molecule has 0 bridgehead atoms. The van der Waals surface area contributed by atoms with Gasteiger partial charge in [0, 0.05) is 38.8 Å². The number of nitrogen functional groups attached to an aromatic ring is 1. The number of carbonyl (C=O) groups is 1. The predicted octanol–water partition coefficient (Wildman–Crippen LogP) is 1.95. The summed E-state index contributed by atoms with van der Waals surface area (Å²) in [7, 11) is 3.50. The molecule has 0 atom stereocenters. The zero-order valence-electron chi connectivity index (χ0n) is 11.9. The number of anilines is 2. The van der Waals surface area contributed by atoms with Crippen LogP contribution in [0.4, 0.5) is 11.4 Å². The van der Waals surface area contributed by atoms with Crippen molar-refractivity contribution < 1.29 is 9.53 Å². The minimum absolute atomic E-state index is 0.102. The number of hydrogen-bond acceptors (Lipinski definition) is 4. The Morgan fingerprint density at radius 3 is 2.79 bits per heavy atom. The molecule has 0 unspecified atom stereocenters. The molecule has 0 saturated carbocycles. The molecule has 0 radical (unpaired) electrons. The van der Waals surface area contributed by atoms with Crippen LogP contribution in [-0.2, 0) is 4.79 Å². The summed E-state index contributed by atoms with van der Waals surface area (Å²) < 4.78 is 5.55. The van der Waals surface area contributed by atoms with Crippen molar-refractivity contribution in [2.24, 2.45) is 0 Å². The van der Waals surface area contributed by atoms with E-state index in [1.807, 2.05) is 19.1 Å². The SMILES string of the molecule is CCCOc1cc(NCCC(=O)N(C)C)ccc1N. The summed E-state index contributed by atoms with van der Waals surface area (Å²) in [4.78, 5) is 13.0. The fraction of sp³-hybridized carbons (Fsp3) is 0.500. The standard InChI is InChI=1S/C14H23N3O2/c1-4-9-19-13-10-11(5-6-12(13)15)16-8-7-14(18)17(2)3/h5-6,10,16H,4,7-9,15H2,1-3H3. The van der Waals surface area contributed by atoms with Gasteiger partial charge in [0.2, 0.25) is 5.91 Å². The molecule has 1 aromatic rings. The van der Waals surface area contributed by atoms with Crippen LogP contribution in [0.3, 0.4) is 0 Å². The number of nitrogens with two attached hydrogens (primary N) is 1. The molecule has 5 nitrogen and oxygen atoms in total. The fourth-order valence-electron chi connectivity index (χ4n) is 1.52. The molecular formula is C14H23N3O2. The molecule has 3 N–H and O–H groups in total. The maximum absolute atomic E-state index is 11.4. The minimum atomic E-state index is 0.102. The summed E-state index contributed by atoms with van der Waals surface area (Å²) in [6, 6.07) is 5.56. The second-order valence-electron chi connectivity index (χ2n) is 4.57.